The largest absolute Gasteiger partial charge is 0.478 e. The van der Waals surface area contributed by atoms with Gasteiger partial charge in [0.05, 0.1) is 11.1 Å². The second-order valence-electron chi connectivity index (χ2n) is 3.99. The highest BCUT2D eigenvalue weighted by Gasteiger charge is 2.13. The number of hydrogen-bond donors (Lipinski definition) is 1. The average molecular weight is 265 g/mol. The van der Waals surface area contributed by atoms with Crippen LogP contribution in [0.15, 0.2) is 18.2 Å². The van der Waals surface area contributed by atoms with Crippen LogP contribution >= 0.6 is 11.8 Å². The fraction of sp³-hybridized carbons (Fsp3) is 0.417. The van der Waals surface area contributed by atoms with Gasteiger partial charge in [-0.25, -0.2) is 9.48 Å². The normalized spacial score (nSPS) is 10.9. The number of carbonyl (C=O) groups is 1. The van der Waals surface area contributed by atoms with Crippen LogP contribution in [-0.4, -0.2) is 38.1 Å². The van der Waals surface area contributed by atoms with E-state index in [0.29, 0.717) is 5.52 Å². The van der Waals surface area contributed by atoms with E-state index in [9.17, 15) is 4.79 Å². The molecule has 0 radical (unpaired) electrons. The Morgan fingerprint density at radius 3 is 3.00 bits per heavy atom. The summed E-state index contributed by atoms with van der Waals surface area (Å²) in [5, 5.41) is 17.1. The first-order valence-corrected chi connectivity index (χ1v) is 7.18. The van der Waals surface area contributed by atoms with Crippen LogP contribution in [0.25, 0.3) is 11.0 Å². The summed E-state index contributed by atoms with van der Waals surface area (Å²) in [5.41, 5.74) is 1.47. The summed E-state index contributed by atoms with van der Waals surface area (Å²) < 4.78 is 1.78. The predicted molar refractivity (Wildman–Crippen MR) is 72.1 cm³/mol. The van der Waals surface area contributed by atoms with Crippen molar-refractivity contribution in [3.63, 3.8) is 0 Å². The van der Waals surface area contributed by atoms with E-state index >= 15 is 0 Å². The van der Waals surface area contributed by atoms with Gasteiger partial charge in [0.2, 0.25) is 0 Å². The van der Waals surface area contributed by atoms with Crippen LogP contribution in [-0.2, 0) is 6.54 Å². The third-order valence-corrected chi connectivity index (χ3v) is 3.44. The van der Waals surface area contributed by atoms with Gasteiger partial charge in [-0.15, -0.1) is 5.10 Å². The zero-order valence-electron chi connectivity index (χ0n) is 10.2. The first-order chi connectivity index (χ1) is 8.74. The molecule has 18 heavy (non-hydrogen) atoms. The van der Waals surface area contributed by atoms with E-state index in [2.05, 4.69) is 16.6 Å². The van der Waals surface area contributed by atoms with E-state index in [-0.39, 0.29) is 5.56 Å². The highest BCUT2D eigenvalue weighted by molar-refractivity contribution is 7.98. The Morgan fingerprint density at radius 1 is 1.44 bits per heavy atom. The van der Waals surface area contributed by atoms with Crippen LogP contribution in [0.5, 0.6) is 0 Å². The van der Waals surface area contributed by atoms with E-state index in [0.717, 1.165) is 30.7 Å². The van der Waals surface area contributed by atoms with E-state index in [1.165, 1.54) is 0 Å². The molecule has 2 rings (SSSR count). The smallest absolute Gasteiger partial charge is 0.338 e. The molecule has 5 nitrogen and oxygen atoms in total. The van der Waals surface area contributed by atoms with Gasteiger partial charge in [0.15, 0.2) is 0 Å². The van der Waals surface area contributed by atoms with Gasteiger partial charge in [-0.05, 0) is 37.0 Å². The van der Waals surface area contributed by atoms with Crippen molar-refractivity contribution in [3.8, 4) is 0 Å². The Morgan fingerprint density at radius 2 is 2.28 bits per heavy atom. The molecule has 0 unspecified atom stereocenters. The summed E-state index contributed by atoms with van der Waals surface area (Å²) in [7, 11) is 0. The number of fused-ring (bicyclic) bond motifs is 1. The molecular weight excluding hydrogens is 250 g/mol. The highest BCUT2D eigenvalue weighted by Crippen LogP contribution is 2.16. The minimum absolute atomic E-state index is 0.211. The number of aromatic nitrogens is 3. The molecule has 1 N–H and O–H groups in total. The van der Waals surface area contributed by atoms with Gasteiger partial charge in [0.25, 0.3) is 0 Å². The SMILES string of the molecule is CSCCCCn1nnc2c(C(=O)O)cccc21. The average Bonchev–Trinajstić information content (AvgIpc) is 2.77. The van der Waals surface area contributed by atoms with Crippen LogP contribution in [0, 0.1) is 0 Å². The molecule has 2 aromatic rings. The Balaban J connectivity index is 2.20. The van der Waals surface area contributed by atoms with Crippen LogP contribution in [0.1, 0.15) is 23.2 Å². The first-order valence-electron chi connectivity index (χ1n) is 5.78. The molecule has 0 bridgehead atoms. The van der Waals surface area contributed by atoms with Crippen LogP contribution in [0.3, 0.4) is 0 Å². The number of carboxylic acid groups (broad SMARTS) is 1. The van der Waals surface area contributed by atoms with E-state index in [4.69, 9.17) is 5.11 Å². The zero-order chi connectivity index (χ0) is 13.0. The molecule has 0 saturated carbocycles. The first kappa shape index (κ1) is 12.9. The second kappa shape index (κ2) is 5.86. The van der Waals surface area contributed by atoms with Crippen molar-refractivity contribution < 1.29 is 9.90 Å². The predicted octanol–water partition coefficient (Wildman–Crippen LogP) is 2.27. The molecule has 0 saturated heterocycles. The number of benzene rings is 1. The molecule has 0 spiro atoms. The number of rotatable bonds is 6. The molecule has 96 valence electrons. The lowest BCUT2D eigenvalue weighted by Crippen LogP contribution is -2.01. The fourth-order valence-electron chi connectivity index (χ4n) is 1.84. The van der Waals surface area contributed by atoms with Gasteiger partial charge in [-0.1, -0.05) is 11.3 Å². The van der Waals surface area contributed by atoms with Gasteiger partial charge in [-0.2, -0.15) is 11.8 Å². The van der Waals surface area contributed by atoms with Crippen LogP contribution in [0.4, 0.5) is 0 Å². The van der Waals surface area contributed by atoms with Gasteiger partial charge < -0.3 is 5.11 Å². The molecule has 0 aliphatic carbocycles. The van der Waals surface area contributed by atoms with Crippen molar-refractivity contribution in [1.29, 1.82) is 0 Å². The van der Waals surface area contributed by atoms with Gasteiger partial charge >= 0.3 is 5.97 Å². The Labute approximate surface area is 109 Å². The number of carboxylic acids is 1. The second-order valence-corrected chi connectivity index (χ2v) is 4.98. The molecule has 0 fully saturated rings. The summed E-state index contributed by atoms with van der Waals surface area (Å²) in [6.45, 7) is 0.778. The molecule has 1 aromatic heterocycles. The molecular formula is C12H15N3O2S. The Hall–Kier alpha value is -1.56. The summed E-state index contributed by atoms with van der Waals surface area (Å²) in [5.74, 6) is 0.169. The lowest BCUT2D eigenvalue weighted by Gasteiger charge is -2.02. The van der Waals surface area contributed by atoms with Crippen molar-refractivity contribution in [2.24, 2.45) is 0 Å². The topological polar surface area (TPSA) is 68.0 Å². The summed E-state index contributed by atoms with van der Waals surface area (Å²) in [6.07, 6.45) is 4.24. The molecule has 0 aliphatic heterocycles. The number of hydrogen-bond acceptors (Lipinski definition) is 4. The van der Waals surface area contributed by atoms with Crippen molar-refractivity contribution >= 4 is 28.8 Å². The molecule has 1 heterocycles. The summed E-state index contributed by atoms with van der Waals surface area (Å²) in [4.78, 5) is 11.0. The van der Waals surface area contributed by atoms with Gasteiger partial charge in [0, 0.05) is 6.54 Å². The van der Waals surface area contributed by atoms with E-state index in [1.54, 1.807) is 16.8 Å². The third kappa shape index (κ3) is 2.64. The molecule has 6 heteroatoms. The van der Waals surface area contributed by atoms with Gasteiger partial charge in [-0.3, -0.25) is 0 Å². The quantitative estimate of drug-likeness (QED) is 0.811. The highest BCUT2D eigenvalue weighted by atomic mass is 32.2. The minimum Gasteiger partial charge on any atom is -0.478 e. The number of nitrogens with zero attached hydrogens (tertiary/aromatic N) is 3. The number of thioether (sulfide) groups is 1. The summed E-state index contributed by atoms with van der Waals surface area (Å²) in [6, 6.07) is 5.14. The molecule has 1 aromatic carbocycles. The third-order valence-electron chi connectivity index (χ3n) is 2.74. The Kier molecular flexibility index (Phi) is 4.19. The standard InChI is InChI=1S/C12H15N3O2S/c1-18-8-3-2-7-15-10-6-4-5-9(12(16)17)11(10)13-14-15/h4-6H,2-3,7-8H2,1H3,(H,16,17). The molecule has 0 amide bonds. The minimum atomic E-state index is -0.963. The maximum atomic E-state index is 11.0. The lowest BCUT2D eigenvalue weighted by atomic mass is 10.2. The lowest BCUT2D eigenvalue weighted by molar-refractivity contribution is 0.0699. The number of unbranched alkanes of at least 4 members (excludes halogenated alkanes) is 1. The summed E-state index contributed by atoms with van der Waals surface area (Å²) >= 11 is 1.83. The van der Waals surface area contributed by atoms with Crippen LogP contribution < -0.4 is 0 Å². The fourth-order valence-corrected chi connectivity index (χ4v) is 2.33. The maximum Gasteiger partial charge on any atom is 0.338 e. The van der Waals surface area contributed by atoms with Crippen molar-refractivity contribution in [2.75, 3.05) is 12.0 Å². The van der Waals surface area contributed by atoms with E-state index in [1.807, 2.05) is 17.8 Å². The molecule has 0 atom stereocenters. The molecule has 0 aliphatic rings. The van der Waals surface area contributed by atoms with E-state index < -0.39 is 5.97 Å². The maximum absolute atomic E-state index is 11.0. The zero-order valence-corrected chi connectivity index (χ0v) is 11.0. The van der Waals surface area contributed by atoms with Crippen molar-refractivity contribution in [1.82, 2.24) is 15.0 Å². The van der Waals surface area contributed by atoms with Gasteiger partial charge in [0.1, 0.15) is 5.52 Å². The number of aryl methyl sites for hydroxylation is 1. The van der Waals surface area contributed by atoms with Crippen molar-refractivity contribution in [2.45, 2.75) is 19.4 Å². The van der Waals surface area contributed by atoms with Crippen LogP contribution in [0.2, 0.25) is 0 Å². The van der Waals surface area contributed by atoms with Crippen molar-refractivity contribution in [3.05, 3.63) is 23.8 Å². The Bertz CT molecular complexity index is 553. The monoisotopic (exact) mass is 265 g/mol. The number of aromatic carboxylic acids is 1.